The molecule has 0 aliphatic carbocycles. The van der Waals surface area contributed by atoms with Crippen LogP contribution in [0.15, 0.2) is 18.2 Å². The van der Waals surface area contributed by atoms with Crippen molar-refractivity contribution in [2.45, 2.75) is 32.2 Å². The zero-order valence-electron chi connectivity index (χ0n) is 11.3. The Morgan fingerprint density at radius 3 is 2.74 bits per heavy atom. The van der Waals surface area contributed by atoms with Gasteiger partial charge in [-0.25, -0.2) is 0 Å². The van der Waals surface area contributed by atoms with Crippen LogP contribution < -0.4 is 4.74 Å². The minimum absolute atomic E-state index is 0.0986. The second-order valence-electron chi connectivity index (χ2n) is 4.76. The van der Waals surface area contributed by atoms with Gasteiger partial charge in [0.05, 0.1) is 12.7 Å². The molecule has 19 heavy (non-hydrogen) atoms. The molecule has 1 aromatic carbocycles. The molecular weight excluding hydrogens is 240 g/mol. The summed E-state index contributed by atoms with van der Waals surface area (Å²) in [5.74, 6) is 0.554. The quantitative estimate of drug-likeness (QED) is 0.904. The number of piperidine rings is 1. The number of aromatic hydroxyl groups is 1. The molecule has 0 saturated carbocycles. The van der Waals surface area contributed by atoms with Crippen LogP contribution in [-0.4, -0.2) is 29.7 Å². The first-order valence-corrected chi connectivity index (χ1v) is 6.86. The molecule has 0 bridgehead atoms. The van der Waals surface area contributed by atoms with Gasteiger partial charge in [0, 0.05) is 5.56 Å². The van der Waals surface area contributed by atoms with Crippen molar-refractivity contribution in [1.29, 1.82) is 5.26 Å². The van der Waals surface area contributed by atoms with Crippen molar-refractivity contribution in [1.82, 2.24) is 4.90 Å². The fraction of sp³-hybridized carbons (Fsp3) is 0.533. The fourth-order valence-corrected chi connectivity index (χ4v) is 2.56. The van der Waals surface area contributed by atoms with Crippen LogP contribution in [0.5, 0.6) is 11.5 Å². The molecule has 1 unspecified atom stereocenters. The lowest BCUT2D eigenvalue weighted by Crippen LogP contribution is -2.33. The molecule has 4 nitrogen and oxygen atoms in total. The van der Waals surface area contributed by atoms with Crippen LogP contribution in [0.1, 0.15) is 37.8 Å². The van der Waals surface area contributed by atoms with E-state index >= 15 is 0 Å². The molecule has 1 N–H and O–H groups in total. The summed E-state index contributed by atoms with van der Waals surface area (Å²) in [4.78, 5) is 2.13. The molecular formula is C15H20N2O2. The number of likely N-dealkylation sites (tertiary alicyclic amines) is 1. The van der Waals surface area contributed by atoms with E-state index in [2.05, 4.69) is 11.0 Å². The summed E-state index contributed by atoms with van der Waals surface area (Å²) in [6, 6.07) is 7.28. The summed E-state index contributed by atoms with van der Waals surface area (Å²) in [7, 11) is 0. The summed E-state index contributed by atoms with van der Waals surface area (Å²) in [6.45, 7) is 4.20. The number of phenols is 1. The van der Waals surface area contributed by atoms with E-state index in [0.717, 1.165) is 25.9 Å². The van der Waals surface area contributed by atoms with Gasteiger partial charge in [0.15, 0.2) is 11.5 Å². The van der Waals surface area contributed by atoms with E-state index in [1.165, 1.54) is 6.42 Å². The number of nitriles is 1. The Labute approximate surface area is 114 Å². The number of phenolic OH excluding ortho intramolecular Hbond substituents is 1. The van der Waals surface area contributed by atoms with Gasteiger partial charge in [-0.2, -0.15) is 5.26 Å². The largest absolute Gasteiger partial charge is 0.504 e. The Morgan fingerprint density at radius 1 is 1.37 bits per heavy atom. The van der Waals surface area contributed by atoms with E-state index in [1.807, 2.05) is 13.0 Å². The highest BCUT2D eigenvalue weighted by atomic mass is 16.5. The first-order valence-electron chi connectivity index (χ1n) is 6.86. The summed E-state index contributed by atoms with van der Waals surface area (Å²) in [5, 5.41) is 19.7. The third kappa shape index (κ3) is 2.99. The summed E-state index contributed by atoms with van der Waals surface area (Å²) < 4.78 is 5.38. The van der Waals surface area contributed by atoms with Gasteiger partial charge in [-0.15, -0.1) is 0 Å². The van der Waals surface area contributed by atoms with Gasteiger partial charge in [-0.1, -0.05) is 18.6 Å². The smallest absolute Gasteiger partial charge is 0.163 e. The van der Waals surface area contributed by atoms with Gasteiger partial charge >= 0.3 is 0 Å². The molecule has 1 aliphatic heterocycles. The Bertz CT molecular complexity index is 462. The molecule has 4 heteroatoms. The average Bonchev–Trinajstić information content (AvgIpc) is 2.45. The van der Waals surface area contributed by atoms with E-state index in [1.54, 1.807) is 12.1 Å². The van der Waals surface area contributed by atoms with Gasteiger partial charge in [0.25, 0.3) is 0 Å². The minimum Gasteiger partial charge on any atom is -0.504 e. The maximum Gasteiger partial charge on any atom is 0.163 e. The summed E-state index contributed by atoms with van der Waals surface area (Å²) in [5.41, 5.74) is 0.648. The van der Waals surface area contributed by atoms with Gasteiger partial charge < -0.3 is 9.84 Å². The van der Waals surface area contributed by atoms with E-state index in [0.29, 0.717) is 17.9 Å². The summed E-state index contributed by atoms with van der Waals surface area (Å²) in [6.07, 6.45) is 3.45. The van der Waals surface area contributed by atoms with E-state index in [-0.39, 0.29) is 11.8 Å². The minimum atomic E-state index is -0.388. The monoisotopic (exact) mass is 260 g/mol. The highest BCUT2D eigenvalue weighted by Gasteiger charge is 2.25. The standard InChI is InChI=1S/C15H20N2O2/c1-2-19-14-8-6-7-12(15(14)18)13(11-16)17-9-4-3-5-10-17/h6-8,13,18H,2-5,9-10H2,1H3. The lowest BCUT2D eigenvalue weighted by Gasteiger charge is -2.31. The van der Waals surface area contributed by atoms with Crippen LogP contribution in [0.25, 0.3) is 0 Å². The van der Waals surface area contributed by atoms with Crippen molar-refractivity contribution < 1.29 is 9.84 Å². The van der Waals surface area contributed by atoms with Crippen molar-refractivity contribution in [3.8, 4) is 17.6 Å². The van der Waals surface area contributed by atoms with Gasteiger partial charge in [0.1, 0.15) is 6.04 Å². The highest BCUT2D eigenvalue weighted by molar-refractivity contribution is 5.48. The Hall–Kier alpha value is -1.73. The number of nitrogens with zero attached hydrogens (tertiary/aromatic N) is 2. The maximum absolute atomic E-state index is 10.2. The van der Waals surface area contributed by atoms with Crippen LogP contribution in [0.4, 0.5) is 0 Å². The first-order chi connectivity index (χ1) is 9.27. The third-order valence-electron chi connectivity index (χ3n) is 3.50. The molecule has 0 radical (unpaired) electrons. The third-order valence-corrected chi connectivity index (χ3v) is 3.50. The van der Waals surface area contributed by atoms with Crippen molar-refractivity contribution >= 4 is 0 Å². The molecule has 102 valence electrons. The zero-order valence-corrected chi connectivity index (χ0v) is 11.3. The number of rotatable bonds is 4. The van der Waals surface area contributed by atoms with E-state index in [9.17, 15) is 10.4 Å². The molecule has 0 spiro atoms. The number of ether oxygens (including phenoxy) is 1. The van der Waals surface area contributed by atoms with Gasteiger partial charge in [-0.3, -0.25) is 4.90 Å². The van der Waals surface area contributed by atoms with Crippen molar-refractivity contribution in [3.05, 3.63) is 23.8 Å². The second-order valence-corrected chi connectivity index (χ2v) is 4.76. The number of para-hydroxylation sites is 1. The van der Waals surface area contributed by atoms with Crippen molar-refractivity contribution in [2.75, 3.05) is 19.7 Å². The number of hydrogen-bond donors (Lipinski definition) is 1. The molecule has 1 atom stereocenters. The fourth-order valence-electron chi connectivity index (χ4n) is 2.56. The molecule has 1 aliphatic rings. The van der Waals surface area contributed by atoms with Crippen molar-refractivity contribution in [3.63, 3.8) is 0 Å². The molecule has 0 amide bonds. The van der Waals surface area contributed by atoms with Crippen LogP contribution in [0.3, 0.4) is 0 Å². The lowest BCUT2D eigenvalue weighted by atomic mass is 10.0. The van der Waals surface area contributed by atoms with Crippen LogP contribution in [0, 0.1) is 11.3 Å². The molecule has 1 fully saturated rings. The van der Waals surface area contributed by atoms with Crippen LogP contribution in [-0.2, 0) is 0 Å². The molecule has 1 heterocycles. The zero-order chi connectivity index (χ0) is 13.7. The molecule has 0 aromatic heterocycles. The first kappa shape index (κ1) is 13.7. The molecule has 1 saturated heterocycles. The van der Waals surface area contributed by atoms with Crippen molar-refractivity contribution in [2.24, 2.45) is 0 Å². The van der Waals surface area contributed by atoms with Gasteiger partial charge in [-0.05, 0) is 38.9 Å². The van der Waals surface area contributed by atoms with Crippen LogP contribution >= 0.6 is 0 Å². The Kier molecular flexibility index (Phi) is 4.64. The second kappa shape index (κ2) is 6.44. The predicted octanol–water partition coefficient (Wildman–Crippen LogP) is 2.84. The topological polar surface area (TPSA) is 56.5 Å². The predicted molar refractivity (Wildman–Crippen MR) is 73.1 cm³/mol. The van der Waals surface area contributed by atoms with Gasteiger partial charge in [0.2, 0.25) is 0 Å². The summed E-state index contributed by atoms with van der Waals surface area (Å²) >= 11 is 0. The maximum atomic E-state index is 10.2. The SMILES string of the molecule is CCOc1cccc(C(C#N)N2CCCCC2)c1O. The normalized spacial score (nSPS) is 17.7. The van der Waals surface area contributed by atoms with Crippen LogP contribution in [0.2, 0.25) is 0 Å². The van der Waals surface area contributed by atoms with E-state index in [4.69, 9.17) is 4.74 Å². The average molecular weight is 260 g/mol. The number of benzene rings is 1. The molecule has 1 aromatic rings. The lowest BCUT2D eigenvalue weighted by molar-refractivity contribution is 0.193. The van der Waals surface area contributed by atoms with E-state index < -0.39 is 0 Å². The Balaban J connectivity index is 2.27. The Morgan fingerprint density at radius 2 is 2.11 bits per heavy atom. The number of hydrogen-bond acceptors (Lipinski definition) is 4. The highest BCUT2D eigenvalue weighted by Crippen LogP contribution is 2.36. The molecule has 2 rings (SSSR count).